The van der Waals surface area contributed by atoms with Gasteiger partial charge in [0.15, 0.2) is 6.20 Å². The van der Waals surface area contributed by atoms with Crippen LogP contribution in [0.4, 0.5) is 0 Å². The number of imidazole rings is 1. The van der Waals surface area contributed by atoms with Crippen molar-refractivity contribution in [2.45, 2.75) is 13.2 Å². The highest BCUT2D eigenvalue weighted by molar-refractivity contribution is 6.22. The molecular formula is C42H28N3O+. The number of pyridine rings is 1. The second-order valence-electron chi connectivity index (χ2n) is 12.1. The van der Waals surface area contributed by atoms with E-state index in [1.54, 1.807) is 0 Å². The maximum atomic E-state index is 6.61. The standard InChI is InChI=1S/C42H28N3O/c1-26-44-24-10-12-27-20-21-35(41(46-26)40(27)44)39-30-15-6-5-11-28(30)25-36-31-16-9-17-34(32(31)22-23-33(36)39)42-43-37-18-7-8-19-38(37)45(42)29-13-3-2-4-14-29/h2-26H,1H3/q+1. The van der Waals surface area contributed by atoms with Crippen molar-refractivity contribution in [1.82, 2.24) is 9.55 Å². The van der Waals surface area contributed by atoms with Gasteiger partial charge in [-0.3, -0.25) is 4.57 Å². The number of rotatable bonds is 3. The van der Waals surface area contributed by atoms with Gasteiger partial charge in [-0.15, -0.1) is 0 Å². The number of benzene rings is 7. The molecular weight excluding hydrogens is 562 g/mol. The van der Waals surface area contributed by atoms with Gasteiger partial charge in [0.25, 0.3) is 11.7 Å². The zero-order valence-electron chi connectivity index (χ0n) is 25.2. The lowest BCUT2D eigenvalue weighted by Crippen LogP contribution is -2.36. The van der Waals surface area contributed by atoms with Crippen LogP contribution in [-0.2, 0) is 0 Å². The number of para-hydroxylation sites is 3. The summed E-state index contributed by atoms with van der Waals surface area (Å²) in [7, 11) is 0. The highest BCUT2D eigenvalue weighted by Gasteiger charge is 2.33. The van der Waals surface area contributed by atoms with Crippen molar-refractivity contribution >= 4 is 54.3 Å². The van der Waals surface area contributed by atoms with Crippen LogP contribution in [0.15, 0.2) is 146 Å². The molecule has 0 aliphatic carbocycles. The summed E-state index contributed by atoms with van der Waals surface area (Å²) in [6.45, 7) is 2.11. The Morgan fingerprint density at radius 1 is 0.609 bits per heavy atom. The minimum absolute atomic E-state index is 0.0617. The minimum atomic E-state index is -0.0617. The van der Waals surface area contributed by atoms with Gasteiger partial charge >= 0.3 is 0 Å². The summed E-state index contributed by atoms with van der Waals surface area (Å²) in [5.74, 6) is 1.89. The predicted octanol–water partition coefficient (Wildman–Crippen LogP) is 10.2. The van der Waals surface area contributed by atoms with E-state index in [2.05, 4.69) is 162 Å². The Morgan fingerprint density at radius 3 is 2.33 bits per heavy atom. The third kappa shape index (κ3) is 3.50. The number of ether oxygens (including phenoxy) is 1. The zero-order valence-corrected chi connectivity index (χ0v) is 25.2. The van der Waals surface area contributed by atoms with Gasteiger partial charge in [-0.25, -0.2) is 4.98 Å². The number of fused-ring (bicyclic) bond motifs is 5. The molecule has 3 heterocycles. The molecule has 2 aromatic heterocycles. The fourth-order valence-electron chi connectivity index (χ4n) is 7.58. The molecule has 1 atom stereocenters. The van der Waals surface area contributed by atoms with Crippen molar-refractivity contribution in [2.75, 3.05) is 0 Å². The molecule has 4 heteroatoms. The molecule has 0 bridgehead atoms. The van der Waals surface area contributed by atoms with Gasteiger partial charge in [0.1, 0.15) is 5.82 Å². The van der Waals surface area contributed by atoms with E-state index < -0.39 is 0 Å². The number of hydrogen-bond acceptors (Lipinski definition) is 2. The summed E-state index contributed by atoms with van der Waals surface area (Å²) in [5, 5.41) is 8.42. The van der Waals surface area contributed by atoms with E-state index in [1.807, 2.05) is 0 Å². The van der Waals surface area contributed by atoms with Crippen LogP contribution in [0.1, 0.15) is 13.2 Å². The molecule has 9 aromatic rings. The van der Waals surface area contributed by atoms with Crippen molar-refractivity contribution in [3.05, 3.63) is 146 Å². The Bertz CT molecular complexity index is 2690. The molecule has 1 aliphatic heterocycles. The highest BCUT2D eigenvalue weighted by atomic mass is 16.5. The maximum absolute atomic E-state index is 6.61. The molecule has 7 aromatic carbocycles. The molecule has 1 aliphatic rings. The predicted molar refractivity (Wildman–Crippen MR) is 187 cm³/mol. The quantitative estimate of drug-likeness (QED) is 0.116. The van der Waals surface area contributed by atoms with Crippen LogP contribution in [0, 0.1) is 0 Å². The smallest absolute Gasteiger partial charge is 0.299 e. The van der Waals surface area contributed by atoms with E-state index in [0.29, 0.717) is 0 Å². The molecule has 10 rings (SSSR count). The lowest BCUT2D eigenvalue weighted by molar-refractivity contribution is -0.715. The number of hydrogen-bond donors (Lipinski definition) is 0. The Morgan fingerprint density at radius 2 is 1.39 bits per heavy atom. The largest absolute Gasteiger partial charge is 0.426 e. The van der Waals surface area contributed by atoms with Gasteiger partial charge in [-0.2, -0.15) is 4.57 Å². The van der Waals surface area contributed by atoms with Crippen molar-refractivity contribution < 1.29 is 9.30 Å². The molecule has 46 heavy (non-hydrogen) atoms. The van der Waals surface area contributed by atoms with Crippen molar-refractivity contribution in [1.29, 1.82) is 0 Å². The zero-order chi connectivity index (χ0) is 30.4. The van der Waals surface area contributed by atoms with Crippen LogP contribution in [0.5, 0.6) is 5.75 Å². The van der Waals surface area contributed by atoms with Gasteiger partial charge in [0, 0.05) is 35.4 Å². The van der Waals surface area contributed by atoms with Crippen LogP contribution >= 0.6 is 0 Å². The average Bonchev–Trinajstić information content (AvgIpc) is 3.66. The van der Waals surface area contributed by atoms with E-state index in [1.165, 1.54) is 43.3 Å². The molecule has 0 saturated carbocycles. The minimum Gasteiger partial charge on any atom is -0.426 e. The molecule has 0 amide bonds. The number of aromatic nitrogens is 3. The van der Waals surface area contributed by atoms with Gasteiger partial charge < -0.3 is 4.74 Å². The number of nitrogens with zero attached hydrogens (tertiary/aromatic N) is 3. The van der Waals surface area contributed by atoms with Crippen molar-refractivity contribution in [3.63, 3.8) is 0 Å². The van der Waals surface area contributed by atoms with Crippen molar-refractivity contribution in [3.8, 4) is 34.0 Å². The summed E-state index contributed by atoms with van der Waals surface area (Å²) < 4.78 is 11.1. The molecule has 0 saturated heterocycles. The van der Waals surface area contributed by atoms with Gasteiger partial charge in [-0.1, -0.05) is 84.9 Å². The third-order valence-corrected chi connectivity index (χ3v) is 9.61. The Labute approximate surface area is 265 Å². The fraction of sp³-hybridized carbons (Fsp3) is 0.0476. The Balaban J connectivity index is 1.29. The first-order chi connectivity index (χ1) is 22.7. The van der Waals surface area contributed by atoms with Crippen LogP contribution in [-0.4, -0.2) is 9.55 Å². The van der Waals surface area contributed by atoms with Crippen LogP contribution in [0.3, 0.4) is 0 Å². The van der Waals surface area contributed by atoms with E-state index in [-0.39, 0.29) is 6.23 Å². The average molecular weight is 591 g/mol. The summed E-state index contributed by atoms with van der Waals surface area (Å²) in [6.07, 6.45) is 2.06. The van der Waals surface area contributed by atoms with Crippen molar-refractivity contribution in [2.24, 2.45) is 0 Å². The van der Waals surface area contributed by atoms with Crippen LogP contribution in [0.25, 0.3) is 82.5 Å². The Hall–Kier alpha value is -6.00. The first kappa shape index (κ1) is 25.3. The second kappa shape index (κ2) is 9.50. The lowest BCUT2D eigenvalue weighted by atomic mass is 9.88. The first-order valence-corrected chi connectivity index (χ1v) is 15.8. The molecule has 0 fully saturated rings. The van der Waals surface area contributed by atoms with E-state index in [9.17, 15) is 0 Å². The summed E-state index contributed by atoms with van der Waals surface area (Å²) in [4.78, 5) is 5.21. The summed E-state index contributed by atoms with van der Waals surface area (Å²) in [6, 6.07) is 49.9. The molecule has 0 spiro atoms. The monoisotopic (exact) mass is 590 g/mol. The van der Waals surface area contributed by atoms with E-state index in [4.69, 9.17) is 9.72 Å². The maximum Gasteiger partial charge on any atom is 0.299 e. The lowest BCUT2D eigenvalue weighted by Gasteiger charge is -2.16. The van der Waals surface area contributed by atoms with E-state index in [0.717, 1.165) is 44.9 Å². The second-order valence-corrected chi connectivity index (χ2v) is 12.1. The van der Waals surface area contributed by atoms with Gasteiger partial charge in [-0.05, 0) is 80.8 Å². The molecule has 4 nitrogen and oxygen atoms in total. The molecule has 0 radical (unpaired) electrons. The summed E-state index contributed by atoms with van der Waals surface area (Å²) >= 11 is 0. The highest BCUT2D eigenvalue weighted by Crippen LogP contribution is 2.47. The molecule has 1 unspecified atom stereocenters. The molecule has 0 N–H and O–H groups in total. The first-order valence-electron chi connectivity index (χ1n) is 15.8. The topological polar surface area (TPSA) is 30.9 Å². The fourth-order valence-corrected chi connectivity index (χ4v) is 7.58. The van der Waals surface area contributed by atoms with E-state index >= 15 is 0 Å². The third-order valence-electron chi connectivity index (χ3n) is 9.61. The normalized spacial score (nSPS) is 14.2. The molecule has 216 valence electrons. The SMILES string of the molecule is CC1Oc2c(-c3c4ccccc4cc4c3ccc3c(-c5nc6ccccc6n5-c5ccccc5)cccc34)ccc3ccc[n+]1c23. The van der Waals surface area contributed by atoms with Crippen LogP contribution in [0.2, 0.25) is 0 Å². The van der Waals surface area contributed by atoms with Gasteiger partial charge in [0.2, 0.25) is 5.75 Å². The van der Waals surface area contributed by atoms with Crippen LogP contribution < -0.4 is 9.30 Å². The summed E-state index contributed by atoms with van der Waals surface area (Å²) in [5.41, 5.74) is 7.76. The van der Waals surface area contributed by atoms with Gasteiger partial charge in [0.05, 0.1) is 16.4 Å². The Kier molecular flexibility index (Phi) is 5.23.